The van der Waals surface area contributed by atoms with Crippen LogP contribution in [0, 0.1) is 0 Å². The Hall–Kier alpha value is -3.19. The second-order valence-corrected chi connectivity index (χ2v) is 7.21. The Morgan fingerprint density at radius 1 is 1.04 bits per heavy atom. The Labute approximate surface area is 160 Å². The molecule has 0 saturated heterocycles. The van der Waals surface area contributed by atoms with Crippen LogP contribution in [-0.4, -0.2) is 45.4 Å². The molecule has 1 atom stereocenters. The van der Waals surface area contributed by atoms with Gasteiger partial charge in [0.1, 0.15) is 22.8 Å². The summed E-state index contributed by atoms with van der Waals surface area (Å²) in [5, 5.41) is 32.2. The number of ether oxygens (including phenoxy) is 1. The molecule has 0 heterocycles. The average Bonchev–Trinajstić information content (AvgIpc) is 2.68. The van der Waals surface area contributed by atoms with Crippen LogP contribution in [0.3, 0.4) is 0 Å². The van der Waals surface area contributed by atoms with Crippen LogP contribution in [0.25, 0.3) is 0 Å². The number of carbonyl (C=O) groups is 3. The molecule has 0 unspecified atom stereocenters. The van der Waals surface area contributed by atoms with Gasteiger partial charge in [0.15, 0.2) is 11.6 Å². The summed E-state index contributed by atoms with van der Waals surface area (Å²) in [6.45, 7) is 1.25. The molecular formula is C21H18O7. The average molecular weight is 382 g/mol. The number of phenols is 2. The van der Waals surface area contributed by atoms with Gasteiger partial charge in [-0.05, 0) is 25.8 Å². The van der Waals surface area contributed by atoms with Crippen molar-refractivity contribution in [3.05, 3.63) is 51.6 Å². The Morgan fingerprint density at radius 3 is 2.32 bits per heavy atom. The minimum Gasteiger partial charge on any atom is -0.507 e. The summed E-state index contributed by atoms with van der Waals surface area (Å²) >= 11 is 0. The van der Waals surface area contributed by atoms with E-state index >= 15 is 0 Å². The van der Waals surface area contributed by atoms with Gasteiger partial charge in [0.25, 0.3) is 0 Å². The number of carbonyl (C=O) groups excluding carboxylic acids is 3. The van der Waals surface area contributed by atoms with Crippen LogP contribution in [-0.2, 0) is 17.6 Å². The molecule has 144 valence electrons. The van der Waals surface area contributed by atoms with Gasteiger partial charge < -0.3 is 20.1 Å². The number of fused-ring (bicyclic) bond motifs is 3. The van der Waals surface area contributed by atoms with Crippen molar-refractivity contribution in [2.75, 3.05) is 7.11 Å². The largest absolute Gasteiger partial charge is 0.507 e. The molecule has 3 N–H and O–H groups in total. The Kier molecular flexibility index (Phi) is 3.83. The molecule has 0 aromatic heterocycles. The molecule has 28 heavy (non-hydrogen) atoms. The molecule has 2 aliphatic rings. The van der Waals surface area contributed by atoms with E-state index < -0.39 is 34.4 Å². The highest BCUT2D eigenvalue weighted by Gasteiger charge is 2.44. The quantitative estimate of drug-likeness (QED) is 0.577. The molecule has 7 nitrogen and oxygen atoms in total. The van der Waals surface area contributed by atoms with Crippen molar-refractivity contribution in [2.45, 2.75) is 31.8 Å². The molecule has 0 fully saturated rings. The first-order valence-electron chi connectivity index (χ1n) is 8.80. The van der Waals surface area contributed by atoms with Gasteiger partial charge in [-0.3, -0.25) is 14.4 Å². The molecule has 4 rings (SSSR count). The number of hydrogen-bond donors (Lipinski definition) is 3. The molecule has 0 spiro atoms. The van der Waals surface area contributed by atoms with Crippen molar-refractivity contribution in [3.63, 3.8) is 0 Å². The molecule has 0 saturated carbocycles. The lowest BCUT2D eigenvalue weighted by Gasteiger charge is -2.34. The van der Waals surface area contributed by atoms with E-state index in [1.165, 1.54) is 26.2 Å². The van der Waals surface area contributed by atoms with Gasteiger partial charge in [0.05, 0.1) is 23.8 Å². The zero-order valence-electron chi connectivity index (χ0n) is 15.3. The summed E-state index contributed by atoms with van der Waals surface area (Å²) < 4.78 is 5.20. The molecule has 2 aliphatic carbocycles. The number of methoxy groups -OCH3 is 1. The van der Waals surface area contributed by atoms with Crippen molar-refractivity contribution < 1.29 is 34.4 Å². The fraction of sp³-hybridized carbons (Fsp3) is 0.286. The first kappa shape index (κ1) is 18.2. The van der Waals surface area contributed by atoms with Gasteiger partial charge in [-0.1, -0.05) is 12.1 Å². The molecule has 0 amide bonds. The number of hydrogen-bond acceptors (Lipinski definition) is 7. The van der Waals surface area contributed by atoms with Crippen LogP contribution in [0.5, 0.6) is 17.2 Å². The monoisotopic (exact) mass is 382 g/mol. The van der Waals surface area contributed by atoms with E-state index in [4.69, 9.17) is 4.74 Å². The smallest absolute Gasteiger partial charge is 0.202 e. The fourth-order valence-corrected chi connectivity index (χ4v) is 4.12. The van der Waals surface area contributed by atoms with Gasteiger partial charge in [-0.2, -0.15) is 0 Å². The predicted octanol–water partition coefficient (Wildman–Crippen LogP) is 1.69. The number of Topliss-reactive ketones (excluding diaryl/α,β-unsaturated/α-hetero) is 1. The third kappa shape index (κ3) is 2.23. The van der Waals surface area contributed by atoms with Crippen LogP contribution in [0.15, 0.2) is 18.2 Å². The maximum Gasteiger partial charge on any atom is 0.202 e. The lowest BCUT2D eigenvalue weighted by Crippen LogP contribution is -2.42. The van der Waals surface area contributed by atoms with E-state index in [9.17, 15) is 29.7 Å². The molecule has 2 aromatic carbocycles. The topological polar surface area (TPSA) is 121 Å². The van der Waals surface area contributed by atoms with Crippen LogP contribution in [0.4, 0.5) is 0 Å². The summed E-state index contributed by atoms with van der Waals surface area (Å²) in [5.74, 6) is -2.39. The molecular weight excluding hydrogens is 364 g/mol. The second-order valence-electron chi connectivity index (χ2n) is 7.21. The van der Waals surface area contributed by atoms with Crippen molar-refractivity contribution >= 4 is 17.3 Å². The van der Waals surface area contributed by atoms with Gasteiger partial charge in [-0.15, -0.1) is 0 Å². The maximum absolute atomic E-state index is 13.1. The molecule has 7 heteroatoms. The van der Waals surface area contributed by atoms with Crippen LogP contribution >= 0.6 is 0 Å². The standard InChI is InChI=1S/C21H18O7/c1-9(22)21(27)7-6-10-12(8-21)19(25)15-16(17(10)23)20(26)14-11(18(15)24)4-3-5-13(14)28-2/h3-5,23,25,27H,6-8H2,1-2H3/t21-/m1/s1. The summed E-state index contributed by atoms with van der Waals surface area (Å²) in [4.78, 5) is 38.0. The first-order chi connectivity index (χ1) is 13.2. The first-order valence-corrected chi connectivity index (χ1v) is 8.80. The summed E-state index contributed by atoms with van der Waals surface area (Å²) in [6, 6.07) is 4.54. The summed E-state index contributed by atoms with van der Waals surface area (Å²) in [5.41, 5.74) is -1.79. The zero-order valence-corrected chi connectivity index (χ0v) is 15.3. The zero-order chi connectivity index (χ0) is 20.4. The Morgan fingerprint density at radius 2 is 1.68 bits per heavy atom. The van der Waals surface area contributed by atoms with E-state index in [-0.39, 0.29) is 58.4 Å². The number of phenolic OH excluding ortho intramolecular Hbond substituents is 2. The lowest BCUT2D eigenvalue weighted by molar-refractivity contribution is -0.136. The highest BCUT2D eigenvalue weighted by molar-refractivity contribution is 6.31. The SMILES string of the molecule is COc1cccc2c1C(=O)c1c(O)c3c(c(O)c1C2=O)C[C@@](O)(C(C)=O)CC3. The minimum absolute atomic E-state index is 0.0354. The number of aromatic hydroxyl groups is 2. The van der Waals surface area contributed by atoms with E-state index in [2.05, 4.69) is 0 Å². The molecule has 0 aliphatic heterocycles. The molecule has 0 bridgehead atoms. The summed E-state index contributed by atoms with van der Waals surface area (Å²) in [7, 11) is 1.37. The van der Waals surface area contributed by atoms with E-state index in [0.29, 0.717) is 0 Å². The van der Waals surface area contributed by atoms with Gasteiger partial charge in [0, 0.05) is 23.1 Å². The van der Waals surface area contributed by atoms with Crippen molar-refractivity contribution in [2.24, 2.45) is 0 Å². The van der Waals surface area contributed by atoms with Gasteiger partial charge in [-0.25, -0.2) is 0 Å². The number of aliphatic hydroxyl groups is 1. The summed E-state index contributed by atoms with van der Waals surface area (Å²) in [6.07, 6.45) is -0.113. The highest BCUT2D eigenvalue weighted by Crippen LogP contribution is 2.48. The fourth-order valence-electron chi connectivity index (χ4n) is 4.12. The minimum atomic E-state index is -1.69. The second kappa shape index (κ2) is 5.90. The third-order valence-corrected chi connectivity index (χ3v) is 5.74. The normalized spacial score (nSPS) is 20.2. The van der Waals surface area contributed by atoms with Crippen LogP contribution in [0.1, 0.15) is 56.3 Å². The number of rotatable bonds is 2. The van der Waals surface area contributed by atoms with Gasteiger partial charge >= 0.3 is 0 Å². The van der Waals surface area contributed by atoms with E-state index in [0.717, 1.165) is 0 Å². The number of benzene rings is 2. The van der Waals surface area contributed by atoms with Crippen molar-refractivity contribution in [1.29, 1.82) is 0 Å². The van der Waals surface area contributed by atoms with Crippen molar-refractivity contribution in [3.8, 4) is 17.2 Å². The third-order valence-electron chi connectivity index (χ3n) is 5.74. The molecule has 0 radical (unpaired) electrons. The lowest BCUT2D eigenvalue weighted by atomic mass is 9.73. The van der Waals surface area contributed by atoms with Crippen molar-refractivity contribution in [1.82, 2.24) is 0 Å². The van der Waals surface area contributed by atoms with Crippen LogP contribution in [0.2, 0.25) is 0 Å². The Bertz CT molecular complexity index is 1080. The number of ketones is 3. The highest BCUT2D eigenvalue weighted by atomic mass is 16.5. The van der Waals surface area contributed by atoms with Crippen LogP contribution < -0.4 is 4.74 Å². The van der Waals surface area contributed by atoms with E-state index in [1.807, 2.05) is 0 Å². The maximum atomic E-state index is 13.1. The van der Waals surface area contributed by atoms with E-state index in [1.54, 1.807) is 6.07 Å². The predicted molar refractivity (Wildman–Crippen MR) is 97.3 cm³/mol. The molecule has 2 aromatic rings. The van der Waals surface area contributed by atoms with Gasteiger partial charge in [0.2, 0.25) is 5.78 Å². The Balaban J connectivity index is 2.00.